The summed E-state index contributed by atoms with van der Waals surface area (Å²) in [6, 6.07) is 8.66. The van der Waals surface area contributed by atoms with Gasteiger partial charge in [0, 0.05) is 38.3 Å². The maximum atomic E-state index is 12.1. The van der Waals surface area contributed by atoms with Crippen LogP contribution >= 0.6 is 0 Å². The first-order valence-electron chi connectivity index (χ1n) is 8.25. The Labute approximate surface area is 128 Å². The molecule has 0 N–H and O–H groups in total. The van der Waals surface area contributed by atoms with Crippen molar-refractivity contribution in [1.82, 2.24) is 4.90 Å². The molecule has 3 nitrogen and oxygen atoms in total. The van der Waals surface area contributed by atoms with Crippen molar-refractivity contribution in [3.05, 3.63) is 29.8 Å². The molecule has 1 heterocycles. The van der Waals surface area contributed by atoms with Gasteiger partial charge in [-0.2, -0.15) is 0 Å². The van der Waals surface area contributed by atoms with E-state index in [1.165, 1.54) is 11.3 Å². The van der Waals surface area contributed by atoms with Crippen LogP contribution in [0.3, 0.4) is 0 Å². The first kappa shape index (κ1) is 15.9. The third-order valence-corrected chi connectivity index (χ3v) is 4.28. The van der Waals surface area contributed by atoms with Crippen LogP contribution < -0.4 is 4.90 Å². The summed E-state index contributed by atoms with van der Waals surface area (Å²) < 4.78 is 0. The molecule has 3 heteroatoms. The van der Waals surface area contributed by atoms with Crippen LogP contribution in [0.25, 0.3) is 0 Å². The summed E-state index contributed by atoms with van der Waals surface area (Å²) >= 11 is 0. The molecule has 116 valence electrons. The van der Waals surface area contributed by atoms with Crippen LogP contribution in [0.5, 0.6) is 0 Å². The number of para-hydroxylation sites is 1. The summed E-state index contributed by atoms with van der Waals surface area (Å²) in [6.45, 7) is 10.2. The van der Waals surface area contributed by atoms with E-state index in [4.69, 9.17) is 0 Å². The molecule has 1 aromatic rings. The number of carbonyl (C=O) groups excluding carboxylic acids is 1. The average Bonchev–Trinajstić information content (AvgIpc) is 2.52. The fourth-order valence-electron chi connectivity index (χ4n) is 2.95. The monoisotopic (exact) mass is 288 g/mol. The fraction of sp³-hybridized carbons (Fsp3) is 0.611. The van der Waals surface area contributed by atoms with E-state index in [2.05, 4.69) is 49.9 Å². The number of rotatable bonds is 5. The highest BCUT2D eigenvalue weighted by Crippen LogP contribution is 2.28. The summed E-state index contributed by atoms with van der Waals surface area (Å²) in [5.74, 6) is 0.860. The van der Waals surface area contributed by atoms with Crippen LogP contribution in [0.15, 0.2) is 24.3 Å². The molecule has 0 radical (unpaired) electrons. The van der Waals surface area contributed by atoms with Gasteiger partial charge in [-0.1, -0.05) is 45.4 Å². The molecule has 0 bridgehead atoms. The highest BCUT2D eigenvalue weighted by Gasteiger charge is 2.22. The molecule has 1 aliphatic rings. The summed E-state index contributed by atoms with van der Waals surface area (Å²) in [5.41, 5.74) is 2.75. The Morgan fingerprint density at radius 2 is 1.81 bits per heavy atom. The van der Waals surface area contributed by atoms with Gasteiger partial charge in [0.2, 0.25) is 5.91 Å². The van der Waals surface area contributed by atoms with E-state index in [1.54, 1.807) is 0 Å². The predicted molar refractivity (Wildman–Crippen MR) is 88.8 cm³/mol. The van der Waals surface area contributed by atoms with E-state index in [-0.39, 0.29) is 0 Å². The standard InChI is InChI=1S/C18H28N2O/c1-4-5-10-18(21)20-13-11-19(12-14-20)17-9-7-6-8-16(17)15(2)3/h6-9,15H,4-5,10-14H2,1-3H3. The maximum Gasteiger partial charge on any atom is 0.222 e. The fourth-order valence-corrected chi connectivity index (χ4v) is 2.95. The molecule has 0 aromatic heterocycles. The van der Waals surface area contributed by atoms with Gasteiger partial charge >= 0.3 is 0 Å². The van der Waals surface area contributed by atoms with Gasteiger partial charge in [-0.05, 0) is 24.0 Å². The second kappa shape index (κ2) is 7.48. The van der Waals surface area contributed by atoms with E-state index in [1.807, 2.05) is 4.90 Å². The van der Waals surface area contributed by atoms with Crippen LogP contribution in [-0.2, 0) is 4.79 Å². The van der Waals surface area contributed by atoms with Crippen LogP contribution in [0, 0.1) is 0 Å². The highest BCUT2D eigenvalue weighted by atomic mass is 16.2. The largest absolute Gasteiger partial charge is 0.368 e. The number of nitrogens with zero attached hydrogens (tertiary/aromatic N) is 2. The molecule has 1 aromatic carbocycles. The van der Waals surface area contributed by atoms with Gasteiger partial charge in [0.05, 0.1) is 0 Å². The second-order valence-electron chi connectivity index (χ2n) is 6.18. The van der Waals surface area contributed by atoms with Crippen LogP contribution in [0.2, 0.25) is 0 Å². The van der Waals surface area contributed by atoms with E-state index in [0.717, 1.165) is 39.0 Å². The number of amides is 1. The van der Waals surface area contributed by atoms with Crippen molar-refractivity contribution in [2.75, 3.05) is 31.1 Å². The predicted octanol–water partition coefficient (Wildman–Crippen LogP) is 3.65. The van der Waals surface area contributed by atoms with Crippen LogP contribution in [0.1, 0.15) is 51.5 Å². The number of piperazine rings is 1. The summed E-state index contributed by atoms with van der Waals surface area (Å²) in [5, 5.41) is 0. The minimum atomic E-state index is 0.327. The topological polar surface area (TPSA) is 23.6 Å². The molecule has 21 heavy (non-hydrogen) atoms. The SMILES string of the molecule is CCCCC(=O)N1CCN(c2ccccc2C(C)C)CC1. The minimum Gasteiger partial charge on any atom is -0.368 e. The van der Waals surface area contributed by atoms with Crippen molar-refractivity contribution >= 4 is 11.6 Å². The van der Waals surface area contributed by atoms with Gasteiger partial charge < -0.3 is 9.80 Å². The molecule has 0 saturated carbocycles. The minimum absolute atomic E-state index is 0.327. The molecular formula is C18H28N2O. The maximum absolute atomic E-state index is 12.1. The molecular weight excluding hydrogens is 260 g/mol. The number of unbranched alkanes of at least 4 members (excludes halogenated alkanes) is 1. The Kier molecular flexibility index (Phi) is 5.66. The van der Waals surface area contributed by atoms with Crippen molar-refractivity contribution in [3.8, 4) is 0 Å². The molecule has 1 fully saturated rings. The lowest BCUT2D eigenvalue weighted by Crippen LogP contribution is -2.49. The number of benzene rings is 1. The van der Waals surface area contributed by atoms with Crippen molar-refractivity contribution in [3.63, 3.8) is 0 Å². The zero-order valence-corrected chi connectivity index (χ0v) is 13.6. The molecule has 1 aliphatic heterocycles. The summed E-state index contributed by atoms with van der Waals surface area (Å²) in [7, 11) is 0. The number of anilines is 1. The third-order valence-electron chi connectivity index (χ3n) is 4.28. The van der Waals surface area contributed by atoms with Crippen molar-refractivity contribution in [2.45, 2.75) is 46.0 Å². The first-order valence-corrected chi connectivity index (χ1v) is 8.25. The Morgan fingerprint density at radius 1 is 1.14 bits per heavy atom. The molecule has 1 saturated heterocycles. The average molecular weight is 288 g/mol. The molecule has 0 atom stereocenters. The normalized spacial score (nSPS) is 15.6. The zero-order valence-electron chi connectivity index (χ0n) is 13.6. The van der Waals surface area contributed by atoms with Gasteiger partial charge in [-0.3, -0.25) is 4.79 Å². The van der Waals surface area contributed by atoms with Gasteiger partial charge in [0.1, 0.15) is 0 Å². The van der Waals surface area contributed by atoms with Crippen molar-refractivity contribution in [1.29, 1.82) is 0 Å². The Morgan fingerprint density at radius 3 is 2.43 bits per heavy atom. The number of carbonyl (C=O) groups is 1. The highest BCUT2D eigenvalue weighted by molar-refractivity contribution is 5.76. The lowest BCUT2D eigenvalue weighted by molar-refractivity contribution is -0.131. The number of hydrogen-bond donors (Lipinski definition) is 0. The lowest BCUT2D eigenvalue weighted by Gasteiger charge is -2.37. The summed E-state index contributed by atoms with van der Waals surface area (Å²) in [6.07, 6.45) is 2.81. The molecule has 0 spiro atoms. The zero-order chi connectivity index (χ0) is 15.2. The Bertz CT molecular complexity index is 462. The van der Waals surface area contributed by atoms with Gasteiger partial charge in [0.25, 0.3) is 0 Å². The summed E-state index contributed by atoms with van der Waals surface area (Å²) in [4.78, 5) is 16.5. The molecule has 0 unspecified atom stereocenters. The van der Waals surface area contributed by atoms with E-state index in [0.29, 0.717) is 18.2 Å². The Balaban J connectivity index is 1.97. The van der Waals surface area contributed by atoms with Crippen molar-refractivity contribution < 1.29 is 4.79 Å². The molecule has 2 rings (SSSR count). The second-order valence-corrected chi connectivity index (χ2v) is 6.18. The number of hydrogen-bond acceptors (Lipinski definition) is 2. The van der Waals surface area contributed by atoms with Crippen molar-refractivity contribution in [2.24, 2.45) is 0 Å². The van der Waals surface area contributed by atoms with Crippen LogP contribution in [0.4, 0.5) is 5.69 Å². The van der Waals surface area contributed by atoms with E-state index in [9.17, 15) is 4.79 Å². The quantitative estimate of drug-likeness (QED) is 0.825. The van der Waals surface area contributed by atoms with Gasteiger partial charge in [-0.15, -0.1) is 0 Å². The van der Waals surface area contributed by atoms with E-state index >= 15 is 0 Å². The lowest BCUT2D eigenvalue weighted by atomic mass is 10.00. The first-order chi connectivity index (χ1) is 10.1. The Hall–Kier alpha value is -1.51. The third kappa shape index (κ3) is 3.99. The smallest absolute Gasteiger partial charge is 0.222 e. The molecule has 1 amide bonds. The molecule has 0 aliphatic carbocycles. The van der Waals surface area contributed by atoms with Gasteiger partial charge in [0.15, 0.2) is 0 Å². The van der Waals surface area contributed by atoms with Gasteiger partial charge in [-0.25, -0.2) is 0 Å². The van der Waals surface area contributed by atoms with E-state index < -0.39 is 0 Å². The van der Waals surface area contributed by atoms with Crippen LogP contribution in [-0.4, -0.2) is 37.0 Å².